The first-order valence-corrected chi connectivity index (χ1v) is 10.7. The maximum absolute atomic E-state index is 13.3. The van der Waals surface area contributed by atoms with Crippen molar-refractivity contribution in [3.8, 4) is 11.8 Å². The molecule has 2 aromatic carbocycles. The second kappa shape index (κ2) is 8.48. The highest BCUT2D eigenvalue weighted by Crippen LogP contribution is 2.47. The highest BCUT2D eigenvalue weighted by Gasteiger charge is 2.34. The van der Waals surface area contributed by atoms with Crippen LogP contribution < -0.4 is 0 Å². The van der Waals surface area contributed by atoms with E-state index >= 15 is 0 Å². The molecule has 2 aliphatic rings. The Balaban J connectivity index is 1.50. The minimum absolute atomic E-state index is 0.376. The van der Waals surface area contributed by atoms with E-state index in [-0.39, 0.29) is 0 Å². The second-order valence-electron chi connectivity index (χ2n) is 8.55. The number of benzene rings is 2. The first-order chi connectivity index (χ1) is 13.6. The number of fused-ring (bicyclic) bond motifs is 3. The summed E-state index contributed by atoms with van der Waals surface area (Å²) in [7, 11) is 0. The minimum atomic E-state index is -0.588. The van der Waals surface area contributed by atoms with Gasteiger partial charge in [-0.1, -0.05) is 44.1 Å². The topological polar surface area (TPSA) is 0 Å². The Labute approximate surface area is 167 Å². The summed E-state index contributed by atoms with van der Waals surface area (Å²) in [5.41, 5.74) is 4.25. The zero-order valence-corrected chi connectivity index (χ0v) is 16.6. The van der Waals surface area contributed by atoms with Crippen LogP contribution >= 0.6 is 0 Å². The maximum Gasteiger partial charge on any atom is 0.127 e. The highest BCUT2D eigenvalue weighted by atomic mass is 19.1. The van der Waals surface area contributed by atoms with E-state index in [2.05, 4.69) is 37.0 Å². The molecular weight excluding hydrogens is 350 g/mol. The zero-order valence-electron chi connectivity index (χ0n) is 16.6. The van der Waals surface area contributed by atoms with Gasteiger partial charge >= 0.3 is 0 Å². The summed E-state index contributed by atoms with van der Waals surface area (Å²) in [6.45, 7) is 2.29. The average molecular weight is 379 g/mol. The van der Waals surface area contributed by atoms with Crippen molar-refractivity contribution in [3.05, 3.63) is 70.3 Å². The van der Waals surface area contributed by atoms with Gasteiger partial charge < -0.3 is 0 Å². The maximum atomic E-state index is 13.3. The van der Waals surface area contributed by atoms with Gasteiger partial charge in [-0.15, -0.1) is 0 Å². The molecule has 0 amide bonds. The van der Waals surface area contributed by atoms with Crippen molar-refractivity contribution in [3.63, 3.8) is 0 Å². The van der Waals surface area contributed by atoms with Crippen molar-refractivity contribution < 1.29 is 8.78 Å². The standard InChI is InChI=1S/C26H28F2/c1-2-3-4-18-7-11-25-21(13-18)9-10-22-14-19(8-12-26(22)25)5-6-20-15-23(27)17-24(28)16-20/h8,12,14-18,21,25H,2-4,7,9-11,13H2,1H3. The molecule has 2 aromatic rings. The van der Waals surface area contributed by atoms with Gasteiger partial charge in [0.15, 0.2) is 0 Å². The smallest absolute Gasteiger partial charge is 0.127 e. The van der Waals surface area contributed by atoms with E-state index in [1.165, 1.54) is 68.2 Å². The fraction of sp³-hybridized carbons (Fsp3) is 0.462. The van der Waals surface area contributed by atoms with Crippen molar-refractivity contribution in [1.29, 1.82) is 0 Å². The van der Waals surface area contributed by atoms with Crippen LogP contribution in [-0.4, -0.2) is 0 Å². The molecule has 0 N–H and O–H groups in total. The summed E-state index contributed by atoms with van der Waals surface area (Å²) in [6.07, 6.45) is 10.6. The average Bonchev–Trinajstić information content (AvgIpc) is 2.69. The summed E-state index contributed by atoms with van der Waals surface area (Å²) in [6, 6.07) is 9.95. The van der Waals surface area contributed by atoms with Crippen LogP contribution in [0.5, 0.6) is 0 Å². The number of hydrogen-bond donors (Lipinski definition) is 0. The van der Waals surface area contributed by atoms with E-state index in [9.17, 15) is 8.78 Å². The molecule has 0 aliphatic heterocycles. The Morgan fingerprint density at radius 1 is 0.929 bits per heavy atom. The zero-order chi connectivity index (χ0) is 19.5. The Morgan fingerprint density at radius 2 is 1.71 bits per heavy atom. The number of rotatable bonds is 3. The Hall–Kier alpha value is -2.14. The molecule has 0 saturated heterocycles. The monoisotopic (exact) mass is 378 g/mol. The van der Waals surface area contributed by atoms with Gasteiger partial charge in [0, 0.05) is 17.2 Å². The lowest BCUT2D eigenvalue weighted by Gasteiger charge is -2.40. The molecule has 1 saturated carbocycles. The van der Waals surface area contributed by atoms with Gasteiger partial charge in [-0.05, 0) is 85.3 Å². The molecule has 0 spiro atoms. The molecule has 28 heavy (non-hydrogen) atoms. The molecule has 0 aromatic heterocycles. The van der Waals surface area contributed by atoms with Gasteiger partial charge in [0.1, 0.15) is 11.6 Å². The lowest BCUT2D eigenvalue weighted by molar-refractivity contribution is 0.200. The molecular formula is C26H28F2. The van der Waals surface area contributed by atoms with Crippen LogP contribution in [0.2, 0.25) is 0 Å². The molecule has 0 nitrogen and oxygen atoms in total. The van der Waals surface area contributed by atoms with E-state index < -0.39 is 11.6 Å². The molecule has 1 fully saturated rings. The van der Waals surface area contributed by atoms with Crippen LogP contribution in [0.15, 0.2) is 36.4 Å². The second-order valence-corrected chi connectivity index (χ2v) is 8.55. The molecule has 4 rings (SSSR count). The first kappa shape index (κ1) is 19.2. The van der Waals surface area contributed by atoms with Crippen LogP contribution in [0, 0.1) is 35.3 Å². The van der Waals surface area contributed by atoms with Gasteiger partial charge in [0.25, 0.3) is 0 Å². The Kier molecular flexibility index (Phi) is 5.81. The molecule has 2 aliphatic carbocycles. The van der Waals surface area contributed by atoms with Crippen molar-refractivity contribution in [2.75, 3.05) is 0 Å². The molecule has 3 atom stereocenters. The third-order valence-corrected chi connectivity index (χ3v) is 6.60. The summed E-state index contributed by atoms with van der Waals surface area (Å²) < 4.78 is 26.6. The summed E-state index contributed by atoms with van der Waals surface area (Å²) in [4.78, 5) is 0. The predicted molar refractivity (Wildman–Crippen MR) is 110 cm³/mol. The van der Waals surface area contributed by atoms with Crippen LogP contribution in [-0.2, 0) is 6.42 Å². The molecule has 2 heteroatoms. The van der Waals surface area contributed by atoms with Crippen molar-refractivity contribution >= 4 is 0 Å². The van der Waals surface area contributed by atoms with Gasteiger partial charge in [0.05, 0.1) is 0 Å². The Morgan fingerprint density at radius 3 is 2.50 bits per heavy atom. The highest BCUT2D eigenvalue weighted by molar-refractivity contribution is 5.47. The summed E-state index contributed by atoms with van der Waals surface area (Å²) >= 11 is 0. The number of halogens is 2. The Bertz CT molecular complexity index is 882. The quantitative estimate of drug-likeness (QED) is 0.504. The largest absolute Gasteiger partial charge is 0.207 e. The molecule has 0 bridgehead atoms. The number of aryl methyl sites for hydroxylation is 1. The van der Waals surface area contributed by atoms with E-state index in [1.54, 1.807) is 0 Å². The summed E-state index contributed by atoms with van der Waals surface area (Å²) in [5, 5.41) is 0. The first-order valence-electron chi connectivity index (χ1n) is 10.7. The lowest BCUT2D eigenvalue weighted by atomic mass is 9.64. The van der Waals surface area contributed by atoms with E-state index in [0.29, 0.717) is 11.5 Å². The van der Waals surface area contributed by atoms with Crippen LogP contribution in [0.3, 0.4) is 0 Å². The van der Waals surface area contributed by atoms with Crippen molar-refractivity contribution in [2.45, 2.75) is 64.2 Å². The van der Waals surface area contributed by atoms with Crippen molar-refractivity contribution in [1.82, 2.24) is 0 Å². The van der Waals surface area contributed by atoms with Crippen LogP contribution in [0.25, 0.3) is 0 Å². The van der Waals surface area contributed by atoms with E-state index in [4.69, 9.17) is 0 Å². The fourth-order valence-corrected chi connectivity index (χ4v) is 5.22. The lowest BCUT2D eigenvalue weighted by Crippen LogP contribution is -2.28. The summed E-state index contributed by atoms with van der Waals surface area (Å²) in [5.74, 6) is 7.29. The van der Waals surface area contributed by atoms with Gasteiger partial charge in [-0.25, -0.2) is 8.78 Å². The molecule has 146 valence electrons. The molecule has 3 unspecified atom stereocenters. The third kappa shape index (κ3) is 4.30. The predicted octanol–water partition coefficient (Wildman–Crippen LogP) is 7.00. The molecule has 0 radical (unpaired) electrons. The number of unbranched alkanes of at least 4 members (excludes halogenated alkanes) is 1. The van der Waals surface area contributed by atoms with Crippen LogP contribution in [0.1, 0.15) is 80.0 Å². The van der Waals surface area contributed by atoms with E-state index in [0.717, 1.165) is 29.9 Å². The van der Waals surface area contributed by atoms with Gasteiger partial charge in [-0.3, -0.25) is 0 Å². The van der Waals surface area contributed by atoms with Gasteiger partial charge in [-0.2, -0.15) is 0 Å². The van der Waals surface area contributed by atoms with Crippen molar-refractivity contribution in [2.24, 2.45) is 11.8 Å². The third-order valence-electron chi connectivity index (χ3n) is 6.60. The minimum Gasteiger partial charge on any atom is -0.207 e. The fourth-order valence-electron chi connectivity index (χ4n) is 5.22. The van der Waals surface area contributed by atoms with Gasteiger partial charge in [0.2, 0.25) is 0 Å². The molecule has 0 heterocycles. The van der Waals surface area contributed by atoms with Crippen LogP contribution in [0.4, 0.5) is 8.78 Å². The SMILES string of the molecule is CCCCC1CCC2c3ccc(C#Cc4cc(F)cc(F)c4)cc3CCC2C1. The van der Waals surface area contributed by atoms with E-state index in [1.807, 2.05) is 0 Å². The normalized spacial score (nSPS) is 23.3. The number of hydrogen-bond acceptors (Lipinski definition) is 0.